The molecule has 0 N–H and O–H groups in total. The van der Waals surface area contributed by atoms with Gasteiger partial charge in [0.1, 0.15) is 11.5 Å². The second-order valence-electron chi connectivity index (χ2n) is 8.26. The quantitative estimate of drug-likeness (QED) is 0.441. The largest absolute Gasteiger partial charge is 0.457 e. The summed E-state index contributed by atoms with van der Waals surface area (Å²) in [6.45, 7) is 5.80. The van der Waals surface area contributed by atoms with Crippen molar-refractivity contribution in [1.82, 2.24) is 4.90 Å². The van der Waals surface area contributed by atoms with Crippen LogP contribution in [-0.2, 0) is 4.79 Å². The highest BCUT2D eigenvalue weighted by Crippen LogP contribution is 2.31. The predicted molar refractivity (Wildman–Crippen MR) is 125 cm³/mol. The van der Waals surface area contributed by atoms with E-state index in [-0.39, 0.29) is 17.7 Å². The maximum Gasteiger partial charge on any atom is 0.280 e. The van der Waals surface area contributed by atoms with E-state index in [9.17, 15) is 14.4 Å². The topological polar surface area (TPSA) is 83.2 Å². The molecule has 1 aromatic heterocycles. The molecular formula is C26H21N3O4. The van der Waals surface area contributed by atoms with Gasteiger partial charge in [-0.25, -0.2) is 0 Å². The summed E-state index contributed by atoms with van der Waals surface area (Å²) in [6, 6.07) is 14.3. The number of anilines is 1. The van der Waals surface area contributed by atoms with E-state index in [1.54, 1.807) is 43.3 Å². The van der Waals surface area contributed by atoms with Crippen LogP contribution >= 0.6 is 0 Å². The molecule has 3 aromatic rings. The molecule has 0 saturated heterocycles. The van der Waals surface area contributed by atoms with Crippen LogP contribution in [0.4, 0.5) is 5.69 Å². The summed E-state index contributed by atoms with van der Waals surface area (Å²) < 4.78 is 5.94. The molecular weight excluding hydrogens is 418 g/mol. The minimum atomic E-state index is -0.333. The molecule has 0 atom stereocenters. The Hall–Kier alpha value is -4.26. The summed E-state index contributed by atoms with van der Waals surface area (Å²) in [5, 5.41) is 5.83. The number of carbonyl (C=O) groups is 3. The van der Waals surface area contributed by atoms with Gasteiger partial charge < -0.3 is 4.42 Å². The van der Waals surface area contributed by atoms with Crippen molar-refractivity contribution in [2.45, 2.75) is 20.8 Å². The van der Waals surface area contributed by atoms with Crippen molar-refractivity contribution in [2.75, 3.05) is 12.1 Å². The number of benzene rings is 2. The molecule has 2 aliphatic rings. The van der Waals surface area contributed by atoms with E-state index in [2.05, 4.69) is 5.10 Å². The van der Waals surface area contributed by atoms with Crippen LogP contribution in [0.15, 0.2) is 63.6 Å². The maximum absolute atomic E-state index is 13.0. The summed E-state index contributed by atoms with van der Waals surface area (Å²) in [5.41, 5.74) is 5.41. The van der Waals surface area contributed by atoms with Crippen LogP contribution in [0, 0.1) is 13.8 Å². The predicted octanol–water partition coefficient (Wildman–Crippen LogP) is 4.60. The lowest BCUT2D eigenvalue weighted by atomic mass is 10.0. The molecule has 0 bridgehead atoms. The fraction of sp³-hybridized carbons (Fsp3) is 0.154. The Morgan fingerprint density at radius 1 is 0.818 bits per heavy atom. The maximum atomic E-state index is 13.0. The standard InChI is InChI=1S/C26H21N3O4/c1-14-5-7-18(11-15(14)2)29-26(32)21(16(3)27-29)13-19-8-10-23(33-19)17-6-9-20-22(12-17)25(31)28(4)24(20)30/h5-13H,1-4H3/b21-13+. The van der Waals surface area contributed by atoms with Crippen LogP contribution < -0.4 is 5.01 Å². The number of fused-ring (bicyclic) bond motifs is 1. The second kappa shape index (κ2) is 7.41. The Morgan fingerprint density at radius 3 is 2.33 bits per heavy atom. The molecule has 164 valence electrons. The average molecular weight is 439 g/mol. The molecule has 0 radical (unpaired) electrons. The van der Waals surface area contributed by atoms with Crippen LogP contribution in [0.5, 0.6) is 0 Å². The first-order valence-corrected chi connectivity index (χ1v) is 10.5. The number of aryl methyl sites for hydroxylation is 2. The summed E-state index contributed by atoms with van der Waals surface area (Å²) >= 11 is 0. The van der Waals surface area contributed by atoms with Crippen molar-refractivity contribution in [3.8, 4) is 11.3 Å². The third-order valence-corrected chi connectivity index (χ3v) is 6.09. The molecule has 7 heteroatoms. The first kappa shape index (κ1) is 20.6. The smallest absolute Gasteiger partial charge is 0.280 e. The van der Waals surface area contributed by atoms with Crippen LogP contribution in [0.25, 0.3) is 17.4 Å². The molecule has 3 amide bonds. The normalized spacial score (nSPS) is 16.8. The molecule has 0 unspecified atom stereocenters. The highest BCUT2D eigenvalue weighted by Gasteiger charge is 2.33. The number of furan rings is 1. The zero-order valence-electron chi connectivity index (χ0n) is 18.7. The third kappa shape index (κ3) is 3.29. The lowest BCUT2D eigenvalue weighted by Crippen LogP contribution is -2.24. The van der Waals surface area contributed by atoms with Gasteiger partial charge in [-0.05, 0) is 74.4 Å². The zero-order valence-corrected chi connectivity index (χ0v) is 18.7. The summed E-state index contributed by atoms with van der Waals surface area (Å²) in [7, 11) is 1.46. The second-order valence-corrected chi connectivity index (χ2v) is 8.26. The van der Waals surface area contributed by atoms with Crippen LogP contribution in [0.2, 0.25) is 0 Å². The molecule has 5 rings (SSSR count). The van der Waals surface area contributed by atoms with E-state index >= 15 is 0 Å². The summed E-state index contributed by atoms with van der Waals surface area (Å²) in [6.07, 6.45) is 1.67. The van der Waals surface area contributed by atoms with E-state index in [4.69, 9.17) is 4.42 Å². The van der Waals surface area contributed by atoms with Gasteiger partial charge in [0.15, 0.2) is 0 Å². The van der Waals surface area contributed by atoms with Gasteiger partial charge in [0.2, 0.25) is 0 Å². The molecule has 3 heterocycles. The number of imide groups is 1. The monoisotopic (exact) mass is 439 g/mol. The number of carbonyl (C=O) groups excluding carboxylic acids is 3. The summed E-state index contributed by atoms with van der Waals surface area (Å²) in [4.78, 5) is 38.5. The van der Waals surface area contributed by atoms with Crippen molar-refractivity contribution in [3.05, 3.63) is 82.1 Å². The first-order chi connectivity index (χ1) is 15.7. The van der Waals surface area contributed by atoms with Gasteiger partial charge in [0.05, 0.1) is 28.1 Å². The molecule has 0 fully saturated rings. The van der Waals surface area contributed by atoms with Crippen molar-refractivity contribution in [1.29, 1.82) is 0 Å². The molecule has 2 aromatic carbocycles. The van der Waals surface area contributed by atoms with E-state index in [1.165, 1.54) is 12.1 Å². The van der Waals surface area contributed by atoms with Crippen molar-refractivity contribution >= 4 is 35.2 Å². The van der Waals surface area contributed by atoms with E-state index < -0.39 is 0 Å². The Kier molecular flexibility index (Phi) is 4.63. The van der Waals surface area contributed by atoms with Crippen LogP contribution in [0.3, 0.4) is 0 Å². The lowest BCUT2D eigenvalue weighted by Gasteiger charge is -2.13. The molecule has 2 aliphatic heterocycles. The Bertz CT molecular complexity index is 1430. The highest BCUT2D eigenvalue weighted by atomic mass is 16.3. The molecule has 0 saturated carbocycles. The molecule has 7 nitrogen and oxygen atoms in total. The molecule has 33 heavy (non-hydrogen) atoms. The minimum Gasteiger partial charge on any atom is -0.457 e. The third-order valence-electron chi connectivity index (χ3n) is 6.09. The van der Waals surface area contributed by atoms with Crippen molar-refractivity contribution in [2.24, 2.45) is 5.10 Å². The number of amides is 3. The highest BCUT2D eigenvalue weighted by molar-refractivity contribution is 6.32. The molecule has 0 aliphatic carbocycles. The van der Waals surface area contributed by atoms with E-state index in [0.717, 1.165) is 16.0 Å². The van der Waals surface area contributed by atoms with Crippen molar-refractivity contribution in [3.63, 3.8) is 0 Å². The minimum absolute atomic E-state index is 0.224. The van der Waals surface area contributed by atoms with Crippen molar-refractivity contribution < 1.29 is 18.8 Å². The van der Waals surface area contributed by atoms with Gasteiger partial charge in [-0.2, -0.15) is 10.1 Å². The number of hydrogen-bond acceptors (Lipinski definition) is 5. The SMILES string of the molecule is CC1=NN(c2ccc(C)c(C)c2)C(=O)/C1=C/c1ccc(-c2ccc3c(c2)C(=O)N(C)C3=O)o1. The van der Waals surface area contributed by atoms with Gasteiger partial charge in [-0.3, -0.25) is 19.3 Å². The summed E-state index contributed by atoms with van der Waals surface area (Å²) in [5.74, 6) is 0.156. The van der Waals surface area contributed by atoms with Crippen LogP contribution in [0.1, 0.15) is 44.5 Å². The average Bonchev–Trinajstić information content (AvgIpc) is 3.44. The van der Waals surface area contributed by atoms with Crippen LogP contribution in [-0.4, -0.2) is 35.4 Å². The fourth-order valence-electron chi connectivity index (χ4n) is 3.96. The zero-order chi connectivity index (χ0) is 23.4. The number of hydrogen-bond donors (Lipinski definition) is 0. The van der Waals surface area contributed by atoms with Gasteiger partial charge in [0.25, 0.3) is 17.7 Å². The number of nitrogens with zero attached hydrogens (tertiary/aromatic N) is 3. The number of hydrazone groups is 1. The van der Waals surface area contributed by atoms with Gasteiger partial charge in [-0.1, -0.05) is 12.1 Å². The van der Waals surface area contributed by atoms with Gasteiger partial charge >= 0.3 is 0 Å². The van der Waals surface area contributed by atoms with E-state index in [0.29, 0.717) is 45.2 Å². The Morgan fingerprint density at radius 2 is 1.58 bits per heavy atom. The molecule has 0 spiro atoms. The Labute approximate surface area is 190 Å². The lowest BCUT2D eigenvalue weighted by molar-refractivity contribution is -0.114. The Balaban J connectivity index is 1.43. The number of rotatable bonds is 3. The van der Waals surface area contributed by atoms with Gasteiger partial charge in [0, 0.05) is 12.6 Å². The van der Waals surface area contributed by atoms with E-state index in [1.807, 2.05) is 32.0 Å². The first-order valence-electron chi connectivity index (χ1n) is 10.5. The van der Waals surface area contributed by atoms with Gasteiger partial charge in [-0.15, -0.1) is 0 Å². The fourth-order valence-corrected chi connectivity index (χ4v) is 3.96.